The van der Waals surface area contributed by atoms with E-state index in [1.54, 1.807) is 6.92 Å². The van der Waals surface area contributed by atoms with Gasteiger partial charge in [0.15, 0.2) is 0 Å². The van der Waals surface area contributed by atoms with Crippen molar-refractivity contribution in [1.29, 1.82) is 0 Å². The van der Waals surface area contributed by atoms with Gasteiger partial charge in [0.25, 0.3) is 5.91 Å². The molecule has 1 fully saturated rings. The summed E-state index contributed by atoms with van der Waals surface area (Å²) < 4.78 is 4.87. The lowest BCUT2D eigenvalue weighted by Gasteiger charge is -2.36. The first-order valence-corrected chi connectivity index (χ1v) is 10.4. The van der Waals surface area contributed by atoms with E-state index in [1.807, 2.05) is 38.2 Å². The van der Waals surface area contributed by atoms with Crippen LogP contribution in [-0.4, -0.2) is 72.6 Å². The Kier molecular flexibility index (Phi) is 7.10. The number of hydrogen-bond acceptors (Lipinski definition) is 6. The van der Waals surface area contributed by atoms with Crippen molar-refractivity contribution in [2.45, 2.75) is 33.2 Å². The molecule has 0 aliphatic carbocycles. The summed E-state index contributed by atoms with van der Waals surface area (Å²) in [7, 11) is 1.35. The normalized spacial score (nSPS) is 15.7. The van der Waals surface area contributed by atoms with E-state index in [4.69, 9.17) is 4.74 Å². The molecule has 0 bridgehead atoms. The van der Waals surface area contributed by atoms with E-state index in [1.165, 1.54) is 7.11 Å². The maximum atomic E-state index is 12.8. The van der Waals surface area contributed by atoms with E-state index in [0.717, 1.165) is 44.2 Å². The van der Waals surface area contributed by atoms with Crippen molar-refractivity contribution in [2.24, 2.45) is 0 Å². The van der Waals surface area contributed by atoms with Gasteiger partial charge in [0.1, 0.15) is 11.5 Å². The highest BCUT2D eigenvalue weighted by Gasteiger charge is 2.25. The van der Waals surface area contributed by atoms with Gasteiger partial charge in [0, 0.05) is 50.7 Å². The number of aromatic amines is 1. The van der Waals surface area contributed by atoms with Crippen LogP contribution in [0.4, 0.5) is 5.82 Å². The number of rotatable bonds is 7. The molecule has 1 unspecified atom stereocenters. The average Bonchev–Trinajstić information content (AvgIpc) is 3.10. The van der Waals surface area contributed by atoms with Gasteiger partial charge in [0.05, 0.1) is 12.7 Å². The topological polar surface area (TPSA) is 90.6 Å². The number of methoxy groups -OCH3 is 1. The molecule has 1 amide bonds. The van der Waals surface area contributed by atoms with Gasteiger partial charge < -0.3 is 19.9 Å². The first-order chi connectivity index (χ1) is 14.4. The summed E-state index contributed by atoms with van der Waals surface area (Å²) in [5.74, 6) is 0.393. The van der Waals surface area contributed by atoms with Gasteiger partial charge in [0.2, 0.25) is 0 Å². The van der Waals surface area contributed by atoms with Crippen molar-refractivity contribution in [2.75, 3.05) is 44.7 Å². The molecule has 8 nitrogen and oxygen atoms in total. The smallest absolute Gasteiger partial charge is 0.339 e. The maximum Gasteiger partial charge on any atom is 0.339 e. The maximum absolute atomic E-state index is 12.8. The van der Waals surface area contributed by atoms with Gasteiger partial charge >= 0.3 is 5.97 Å². The van der Waals surface area contributed by atoms with Gasteiger partial charge in [-0.05, 0) is 38.0 Å². The quantitative estimate of drug-likeness (QED) is 0.675. The fraction of sp³-hybridized carbons (Fsp3) is 0.500. The second-order valence-electron chi connectivity index (χ2n) is 7.67. The Bertz CT molecular complexity index is 872. The lowest BCUT2D eigenvalue weighted by molar-refractivity contribution is 0.0599. The van der Waals surface area contributed by atoms with Crippen LogP contribution < -0.4 is 10.2 Å². The predicted octanol–water partition coefficient (Wildman–Crippen LogP) is 2.01. The summed E-state index contributed by atoms with van der Waals surface area (Å²) in [4.78, 5) is 37.0. The Morgan fingerprint density at radius 1 is 1.27 bits per heavy atom. The molecular formula is C22H31N5O3. The number of H-pyrrole nitrogens is 1. The average molecular weight is 414 g/mol. The van der Waals surface area contributed by atoms with Crippen molar-refractivity contribution in [1.82, 2.24) is 20.2 Å². The molecule has 162 valence electrons. The number of nitrogens with zero attached hydrogens (tertiary/aromatic N) is 3. The Morgan fingerprint density at radius 3 is 2.60 bits per heavy atom. The number of aromatic nitrogens is 2. The fourth-order valence-electron chi connectivity index (χ4n) is 3.96. The van der Waals surface area contributed by atoms with Crippen LogP contribution in [0.25, 0.3) is 0 Å². The lowest BCUT2D eigenvalue weighted by Crippen LogP contribution is -2.51. The van der Waals surface area contributed by atoms with Gasteiger partial charge in [-0.2, -0.15) is 0 Å². The monoisotopic (exact) mass is 413 g/mol. The Morgan fingerprint density at radius 2 is 2.00 bits per heavy atom. The number of anilines is 1. The van der Waals surface area contributed by atoms with E-state index in [9.17, 15) is 9.59 Å². The molecule has 3 heterocycles. The Labute approximate surface area is 177 Å². The van der Waals surface area contributed by atoms with Gasteiger partial charge in [-0.25, -0.2) is 9.78 Å². The summed E-state index contributed by atoms with van der Waals surface area (Å²) in [5, 5.41) is 3.06. The van der Waals surface area contributed by atoms with Crippen LogP contribution in [0.3, 0.4) is 0 Å². The number of esters is 1. The van der Waals surface area contributed by atoms with E-state index in [0.29, 0.717) is 23.2 Å². The number of piperazine rings is 1. The third kappa shape index (κ3) is 4.81. The van der Waals surface area contributed by atoms with E-state index in [2.05, 4.69) is 25.1 Å². The van der Waals surface area contributed by atoms with Crippen molar-refractivity contribution in [3.63, 3.8) is 0 Å². The second-order valence-corrected chi connectivity index (χ2v) is 7.67. The predicted molar refractivity (Wildman–Crippen MR) is 116 cm³/mol. The molecule has 1 saturated heterocycles. The number of amides is 1. The van der Waals surface area contributed by atoms with Crippen LogP contribution in [0.1, 0.15) is 46.0 Å². The van der Waals surface area contributed by atoms with Crippen molar-refractivity contribution in [3.8, 4) is 0 Å². The third-order valence-corrected chi connectivity index (χ3v) is 5.55. The minimum Gasteiger partial charge on any atom is -0.465 e. The first kappa shape index (κ1) is 21.8. The molecule has 0 aromatic carbocycles. The molecule has 2 aromatic rings. The van der Waals surface area contributed by atoms with Gasteiger partial charge in [-0.3, -0.25) is 9.69 Å². The Hall–Kier alpha value is -2.87. The largest absolute Gasteiger partial charge is 0.465 e. The zero-order valence-electron chi connectivity index (χ0n) is 18.2. The van der Waals surface area contributed by atoms with E-state index >= 15 is 0 Å². The summed E-state index contributed by atoms with van der Waals surface area (Å²) in [6.07, 6.45) is 2.44. The number of hydrogen-bond donors (Lipinski definition) is 2. The van der Waals surface area contributed by atoms with Crippen LogP contribution >= 0.6 is 0 Å². The number of nitrogens with one attached hydrogen (secondary N) is 2. The van der Waals surface area contributed by atoms with Crippen LogP contribution in [0.2, 0.25) is 0 Å². The first-order valence-electron chi connectivity index (χ1n) is 10.4. The molecule has 2 aromatic heterocycles. The standard InChI is InChI=1S/C22H31N5O3/c1-5-17-19(22(29)30-4)16(3)20(25-17)21(28)24-15(2)14-26-10-12-27(13-11-26)18-8-6-7-9-23-18/h6-9,15,25H,5,10-14H2,1-4H3,(H,24,28). The molecule has 1 aliphatic rings. The number of carbonyl (C=O) groups excluding carboxylic acids is 2. The Balaban J connectivity index is 1.55. The number of pyridine rings is 1. The highest BCUT2D eigenvalue weighted by atomic mass is 16.5. The molecule has 0 saturated carbocycles. The molecular weight excluding hydrogens is 382 g/mol. The summed E-state index contributed by atoms with van der Waals surface area (Å²) in [6, 6.07) is 5.94. The molecule has 0 radical (unpaired) electrons. The molecule has 3 rings (SSSR count). The third-order valence-electron chi connectivity index (χ3n) is 5.55. The van der Waals surface area contributed by atoms with Crippen molar-refractivity contribution in [3.05, 3.63) is 46.9 Å². The van der Waals surface area contributed by atoms with E-state index < -0.39 is 5.97 Å². The highest BCUT2D eigenvalue weighted by molar-refractivity contribution is 6.00. The van der Waals surface area contributed by atoms with Crippen LogP contribution in [0.15, 0.2) is 24.4 Å². The molecule has 1 aliphatic heterocycles. The highest BCUT2D eigenvalue weighted by Crippen LogP contribution is 2.20. The number of carbonyl (C=O) groups is 2. The van der Waals surface area contributed by atoms with Crippen molar-refractivity contribution >= 4 is 17.7 Å². The minimum atomic E-state index is -0.418. The molecule has 0 spiro atoms. The SMILES string of the molecule is CCc1[nH]c(C(=O)NC(C)CN2CCN(c3ccccn3)CC2)c(C)c1C(=O)OC. The summed E-state index contributed by atoms with van der Waals surface area (Å²) in [6.45, 7) is 10.2. The van der Waals surface area contributed by atoms with Crippen molar-refractivity contribution < 1.29 is 14.3 Å². The van der Waals surface area contributed by atoms with E-state index in [-0.39, 0.29) is 11.9 Å². The fourth-order valence-corrected chi connectivity index (χ4v) is 3.96. The van der Waals surface area contributed by atoms with Crippen LogP contribution in [0, 0.1) is 6.92 Å². The second kappa shape index (κ2) is 9.75. The number of aryl methyl sites for hydroxylation is 1. The van der Waals surface area contributed by atoms with Gasteiger partial charge in [-0.1, -0.05) is 13.0 Å². The molecule has 8 heteroatoms. The summed E-state index contributed by atoms with van der Waals surface area (Å²) in [5.41, 5.74) is 2.25. The summed E-state index contributed by atoms with van der Waals surface area (Å²) >= 11 is 0. The molecule has 2 N–H and O–H groups in total. The zero-order chi connectivity index (χ0) is 21.7. The molecule has 1 atom stereocenters. The zero-order valence-corrected chi connectivity index (χ0v) is 18.2. The van der Waals surface area contributed by atoms with Crippen LogP contribution in [-0.2, 0) is 11.2 Å². The number of ether oxygens (including phenoxy) is 1. The molecule has 30 heavy (non-hydrogen) atoms. The minimum absolute atomic E-state index is 0.0201. The lowest BCUT2D eigenvalue weighted by atomic mass is 10.1. The van der Waals surface area contributed by atoms with Crippen LogP contribution in [0.5, 0.6) is 0 Å². The van der Waals surface area contributed by atoms with Gasteiger partial charge in [-0.15, -0.1) is 0 Å².